The summed E-state index contributed by atoms with van der Waals surface area (Å²) in [6.07, 6.45) is 2.42. The maximum Gasteiger partial charge on any atom is 0.249 e. The highest BCUT2D eigenvalue weighted by atomic mass is 16.3. The van der Waals surface area contributed by atoms with E-state index in [1.807, 2.05) is 24.3 Å². The number of carbonyl (C=O) groups excluding carboxylic acids is 2. The molecule has 1 saturated heterocycles. The Balaban J connectivity index is 1.60. The van der Waals surface area contributed by atoms with Crippen molar-refractivity contribution in [3.05, 3.63) is 29.8 Å². The average molecular weight is 274 g/mol. The molecule has 0 spiro atoms. The number of benzene rings is 1. The molecule has 106 valence electrons. The first-order chi connectivity index (χ1) is 9.61. The van der Waals surface area contributed by atoms with Gasteiger partial charge in [-0.25, -0.2) is 0 Å². The van der Waals surface area contributed by atoms with Crippen LogP contribution in [-0.4, -0.2) is 29.1 Å². The Kier molecular flexibility index (Phi) is 3.44. The summed E-state index contributed by atoms with van der Waals surface area (Å²) in [7, 11) is 0. The van der Waals surface area contributed by atoms with Gasteiger partial charge in [-0.2, -0.15) is 0 Å². The van der Waals surface area contributed by atoms with Crippen molar-refractivity contribution in [1.29, 1.82) is 0 Å². The van der Waals surface area contributed by atoms with Gasteiger partial charge in [0.05, 0.1) is 6.10 Å². The van der Waals surface area contributed by atoms with Crippen LogP contribution in [0.15, 0.2) is 24.3 Å². The molecule has 1 unspecified atom stereocenters. The van der Waals surface area contributed by atoms with E-state index in [1.54, 1.807) is 0 Å². The minimum absolute atomic E-state index is 0.152. The van der Waals surface area contributed by atoms with Crippen LogP contribution in [0.1, 0.15) is 37.2 Å². The lowest BCUT2D eigenvalue weighted by Crippen LogP contribution is -2.47. The fourth-order valence-corrected chi connectivity index (χ4v) is 2.74. The van der Waals surface area contributed by atoms with Crippen molar-refractivity contribution < 1.29 is 14.7 Å². The molecule has 1 aromatic carbocycles. The molecule has 2 aliphatic rings. The standard InChI is InChI=1S/C15H18N2O3/c18-12-7-10(8-12)9-1-3-11(4-2-9)16-13-5-6-14(19)17-15(13)20/h1-4,10,12-13,16,18H,5-8H2,(H,17,19,20). The lowest BCUT2D eigenvalue weighted by atomic mass is 9.78. The summed E-state index contributed by atoms with van der Waals surface area (Å²) in [5.74, 6) is -0.00553. The molecule has 5 nitrogen and oxygen atoms in total. The zero-order chi connectivity index (χ0) is 14.1. The van der Waals surface area contributed by atoms with E-state index in [9.17, 15) is 14.7 Å². The fraction of sp³-hybridized carbons (Fsp3) is 0.467. The van der Waals surface area contributed by atoms with Gasteiger partial charge in [-0.15, -0.1) is 0 Å². The molecule has 1 saturated carbocycles. The zero-order valence-electron chi connectivity index (χ0n) is 11.1. The van der Waals surface area contributed by atoms with Crippen LogP contribution >= 0.6 is 0 Å². The summed E-state index contributed by atoms with van der Waals surface area (Å²) < 4.78 is 0. The Labute approximate surface area is 117 Å². The third-order valence-corrected chi connectivity index (χ3v) is 4.08. The summed E-state index contributed by atoms with van der Waals surface area (Å²) in [6, 6.07) is 7.62. The van der Waals surface area contributed by atoms with Gasteiger partial charge in [0.15, 0.2) is 0 Å². The first-order valence-electron chi connectivity index (χ1n) is 7.00. The number of hydrogen-bond acceptors (Lipinski definition) is 4. The van der Waals surface area contributed by atoms with Crippen molar-refractivity contribution in [3.8, 4) is 0 Å². The summed E-state index contributed by atoms with van der Waals surface area (Å²) in [4.78, 5) is 22.7. The minimum Gasteiger partial charge on any atom is -0.393 e. The molecule has 5 heteroatoms. The number of rotatable bonds is 3. The normalized spacial score (nSPS) is 29.6. The van der Waals surface area contributed by atoms with Crippen LogP contribution in [-0.2, 0) is 9.59 Å². The van der Waals surface area contributed by atoms with E-state index in [0.29, 0.717) is 18.8 Å². The number of amides is 2. The van der Waals surface area contributed by atoms with Crippen molar-refractivity contribution >= 4 is 17.5 Å². The molecule has 0 bridgehead atoms. The predicted octanol–water partition coefficient (Wildman–Crippen LogP) is 1.14. The Hall–Kier alpha value is -1.88. The molecule has 2 fully saturated rings. The van der Waals surface area contributed by atoms with Crippen LogP contribution in [0.5, 0.6) is 0 Å². The molecule has 20 heavy (non-hydrogen) atoms. The minimum atomic E-state index is -0.343. The number of piperidine rings is 1. The number of imide groups is 1. The van der Waals surface area contributed by atoms with Gasteiger partial charge in [0, 0.05) is 12.1 Å². The Morgan fingerprint density at radius 1 is 1.15 bits per heavy atom. The van der Waals surface area contributed by atoms with Crippen molar-refractivity contribution in [2.24, 2.45) is 0 Å². The van der Waals surface area contributed by atoms with Gasteiger partial charge >= 0.3 is 0 Å². The molecule has 1 heterocycles. The number of aliphatic hydroxyl groups is 1. The molecule has 1 aliphatic heterocycles. The highest BCUT2D eigenvalue weighted by molar-refractivity contribution is 6.01. The largest absolute Gasteiger partial charge is 0.393 e. The van der Waals surface area contributed by atoms with Gasteiger partial charge in [0.1, 0.15) is 6.04 Å². The van der Waals surface area contributed by atoms with Crippen molar-refractivity contribution in [2.45, 2.75) is 43.7 Å². The number of anilines is 1. The van der Waals surface area contributed by atoms with Crippen LogP contribution in [0.25, 0.3) is 0 Å². The fourth-order valence-electron chi connectivity index (χ4n) is 2.74. The summed E-state index contributed by atoms with van der Waals surface area (Å²) in [5.41, 5.74) is 2.10. The molecule has 2 amide bonds. The van der Waals surface area contributed by atoms with Crippen LogP contribution in [0.2, 0.25) is 0 Å². The number of aliphatic hydroxyl groups excluding tert-OH is 1. The second kappa shape index (κ2) is 5.25. The second-order valence-corrected chi connectivity index (χ2v) is 5.59. The van der Waals surface area contributed by atoms with Crippen LogP contribution in [0.4, 0.5) is 5.69 Å². The first kappa shape index (κ1) is 13.1. The highest BCUT2D eigenvalue weighted by Crippen LogP contribution is 2.37. The zero-order valence-corrected chi connectivity index (χ0v) is 11.1. The van der Waals surface area contributed by atoms with Gasteiger partial charge in [0.2, 0.25) is 11.8 Å². The van der Waals surface area contributed by atoms with Gasteiger partial charge in [0.25, 0.3) is 0 Å². The molecule has 3 N–H and O–H groups in total. The topological polar surface area (TPSA) is 78.4 Å². The third-order valence-electron chi connectivity index (χ3n) is 4.08. The van der Waals surface area contributed by atoms with E-state index in [0.717, 1.165) is 18.5 Å². The van der Waals surface area contributed by atoms with Crippen LogP contribution in [0.3, 0.4) is 0 Å². The molecule has 1 aromatic rings. The number of carbonyl (C=O) groups is 2. The van der Waals surface area contributed by atoms with Crippen LogP contribution < -0.4 is 10.6 Å². The Morgan fingerprint density at radius 2 is 1.85 bits per heavy atom. The van der Waals surface area contributed by atoms with E-state index in [2.05, 4.69) is 10.6 Å². The Bertz CT molecular complexity index is 520. The summed E-state index contributed by atoms with van der Waals surface area (Å²) in [5, 5.41) is 14.8. The lowest BCUT2D eigenvalue weighted by molar-refractivity contribution is -0.133. The quantitative estimate of drug-likeness (QED) is 0.722. The molecular formula is C15H18N2O3. The van der Waals surface area contributed by atoms with Crippen molar-refractivity contribution in [2.75, 3.05) is 5.32 Å². The summed E-state index contributed by atoms with van der Waals surface area (Å²) >= 11 is 0. The maximum atomic E-state index is 11.7. The van der Waals surface area contributed by atoms with E-state index in [-0.39, 0.29) is 24.0 Å². The molecule has 0 aromatic heterocycles. The van der Waals surface area contributed by atoms with Crippen LogP contribution in [0, 0.1) is 0 Å². The van der Waals surface area contributed by atoms with Crippen molar-refractivity contribution in [3.63, 3.8) is 0 Å². The van der Waals surface area contributed by atoms with E-state index < -0.39 is 0 Å². The Morgan fingerprint density at radius 3 is 2.45 bits per heavy atom. The van der Waals surface area contributed by atoms with Gasteiger partial charge in [-0.3, -0.25) is 14.9 Å². The molecule has 1 aliphatic carbocycles. The van der Waals surface area contributed by atoms with E-state index >= 15 is 0 Å². The molecule has 3 rings (SSSR count). The predicted molar refractivity (Wildman–Crippen MR) is 74.2 cm³/mol. The van der Waals surface area contributed by atoms with Gasteiger partial charge < -0.3 is 10.4 Å². The van der Waals surface area contributed by atoms with E-state index in [4.69, 9.17) is 0 Å². The SMILES string of the molecule is O=C1CCC(Nc2ccc(C3CC(O)C3)cc2)C(=O)N1. The highest BCUT2D eigenvalue weighted by Gasteiger charge is 2.29. The van der Waals surface area contributed by atoms with Gasteiger partial charge in [-0.05, 0) is 42.9 Å². The second-order valence-electron chi connectivity index (χ2n) is 5.59. The van der Waals surface area contributed by atoms with Gasteiger partial charge in [-0.1, -0.05) is 12.1 Å². The molecule has 0 radical (unpaired) electrons. The summed E-state index contributed by atoms with van der Waals surface area (Å²) in [6.45, 7) is 0. The van der Waals surface area contributed by atoms with E-state index in [1.165, 1.54) is 5.56 Å². The monoisotopic (exact) mass is 274 g/mol. The first-order valence-corrected chi connectivity index (χ1v) is 7.00. The number of nitrogens with one attached hydrogen (secondary N) is 2. The third kappa shape index (κ3) is 2.67. The van der Waals surface area contributed by atoms with Crippen molar-refractivity contribution in [1.82, 2.24) is 5.32 Å². The smallest absolute Gasteiger partial charge is 0.249 e. The molecule has 1 atom stereocenters. The number of hydrogen-bond donors (Lipinski definition) is 3. The molecular weight excluding hydrogens is 256 g/mol. The average Bonchev–Trinajstić information content (AvgIpc) is 2.39. The lowest BCUT2D eigenvalue weighted by Gasteiger charge is -2.32. The maximum absolute atomic E-state index is 11.7.